The molecule has 0 aromatic heterocycles. The summed E-state index contributed by atoms with van der Waals surface area (Å²) < 4.78 is 0. The van der Waals surface area contributed by atoms with Crippen LogP contribution in [0.1, 0.15) is 40.9 Å². The zero-order valence-corrected chi connectivity index (χ0v) is 21.1. The second-order valence-electron chi connectivity index (χ2n) is 10.3. The second-order valence-corrected chi connectivity index (χ2v) is 10.3. The van der Waals surface area contributed by atoms with E-state index < -0.39 is 34.1 Å². The maximum Gasteiger partial charge on any atom is 0.270 e. The first-order valence-electron chi connectivity index (χ1n) is 12.4. The van der Waals surface area contributed by atoms with Gasteiger partial charge in [0.15, 0.2) is 11.6 Å². The van der Waals surface area contributed by atoms with E-state index in [1.54, 1.807) is 6.07 Å². The van der Waals surface area contributed by atoms with Crippen molar-refractivity contribution in [3.05, 3.63) is 105 Å². The molecule has 8 nitrogen and oxygen atoms in total. The number of hydrogen-bond donors (Lipinski definition) is 1. The number of carbonyl (C=O) groups excluding carboxylic acids is 3. The van der Waals surface area contributed by atoms with E-state index in [0.717, 1.165) is 22.4 Å². The van der Waals surface area contributed by atoms with Crippen molar-refractivity contribution in [2.45, 2.75) is 38.3 Å². The number of carbonyl (C=O) groups is 3. The molecule has 3 aliphatic heterocycles. The number of fused-ring (bicyclic) bond motifs is 6. The van der Waals surface area contributed by atoms with E-state index >= 15 is 0 Å². The van der Waals surface area contributed by atoms with Gasteiger partial charge in [-0.05, 0) is 50.1 Å². The fraction of sp³-hybridized carbons (Fsp3) is 0.233. The molecule has 3 aromatic carbocycles. The smallest absolute Gasteiger partial charge is 0.270 e. The van der Waals surface area contributed by atoms with Gasteiger partial charge in [-0.1, -0.05) is 48.0 Å². The Morgan fingerprint density at radius 2 is 1.79 bits per heavy atom. The lowest BCUT2D eigenvalue weighted by Gasteiger charge is -2.39. The van der Waals surface area contributed by atoms with Gasteiger partial charge in [-0.25, -0.2) is 0 Å². The molecule has 190 valence electrons. The zero-order chi connectivity index (χ0) is 26.9. The molecule has 0 aliphatic carbocycles. The molecule has 4 atom stereocenters. The second kappa shape index (κ2) is 8.21. The van der Waals surface area contributed by atoms with Crippen LogP contribution in [-0.2, 0) is 15.0 Å². The van der Waals surface area contributed by atoms with E-state index in [4.69, 9.17) is 0 Å². The van der Waals surface area contributed by atoms with E-state index in [0.29, 0.717) is 11.3 Å². The number of allylic oxidation sites excluding steroid dienone is 1. The van der Waals surface area contributed by atoms with Crippen molar-refractivity contribution in [1.82, 2.24) is 0 Å². The Bertz CT molecular complexity index is 1610. The Balaban J connectivity index is 1.67. The SMILES string of the molecule is CC(=O)C1C(C(=O)c2cccc([N+](=O)[O-])c2)C2(C(=O)Nc3ccccc32)C2C=C(C)c3cc(C)ccc3N12. The highest BCUT2D eigenvalue weighted by Crippen LogP contribution is 2.58. The van der Waals surface area contributed by atoms with Crippen molar-refractivity contribution in [2.75, 3.05) is 10.2 Å². The molecule has 0 bridgehead atoms. The molecular formula is C30H25N3O5. The topological polar surface area (TPSA) is 110 Å². The average Bonchev–Trinajstić information content (AvgIpc) is 3.36. The lowest BCUT2D eigenvalue weighted by Crippen LogP contribution is -2.51. The Kier molecular flexibility index (Phi) is 5.14. The molecule has 0 radical (unpaired) electrons. The number of benzene rings is 3. The molecule has 1 N–H and O–H groups in total. The monoisotopic (exact) mass is 507 g/mol. The summed E-state index contributed by atoms with van der Waals surface area (Å²) in [6.07, 6.45) is 1.99. The van der Waals surface area contributed by atoms with Crippen LogP contribution in [0.4, 0.5) is 17.1 Å². The standard InChI is InChI=1S/C30H25N3O5/c1-16-11-12-24-21(13-16)17(2)14-25-30(22-9-4-5-10-23(22)31-29(30)36)26(27(18(3)34)32(24)25)28(35)19-7-6-8-20(15-19)33(37)38/h4-15,25-27H,1-3H3,(H,31,36). The molecule has 3 aromatic rings. The van der Waals surface area contributed by atoms with Gasteiger partial charge in [0.25, 0.3) is 5.69 Å². The summed E-state index contributed by atoms with van der Waals surface area (Å²) in [5.41, 5.74) is 3.42. The molecule has 1 spiro atoms. The van der Waals surface area contributed by atoms with Gasteiger partial charge < -0.3 is 10.2 Å². The Morgan fingerprint density at radius 1 is 1.03 bits per heavy atom. The largest absolute Gasteiger partial charge is 0.352 e. The van der Waals surface area contributed by atoms with Crippen molar-refractivity contribution in [3.8, 4) is 0 Å². The van der Waals surface area contributed by atoms with E-state index in [2.05, 4.69) is 5.32 Å². The van der Waals surface area contributed by atoms with Gasteiger partial charge in [-0.3, -0.25) is 24.5 Å². The molecule has 3 heterocycles. The first-order valence-corrected chi connectivity index (χ1v) is 12.4. The molecule has 0 saturated carbocycles. The molecule has 1 saturated heterocycles. The van der Waals surface area contributed by atoms with Crippen molar-refractivity contribution in [3.63, 3.8) is 0 Å². The lowest BCUT2D eigenvalue weighted by atomic mass is 9.64. The molecule has 38 heavy (non-hydrogen) atoms. The van der Waals surface area contributed by atoms with Crippen molar-refractivity contribution < 1.29 is 19.3 Å². The summed E-state index contributed by atoms with van der Waals surface area (Å²) in [6, 6.07) is 17.1. The molecule has 6 rings (SSSR count). The lowest BCUT2D eigenvalue weighted by molar-refractivity contribution is -0.384. The van der Waals surface area contributed by atoms with Crippen LogP contribution in [0, 0.1) is 23.0 Å². The molecule has 1 amide bonds. The third-order valence-corrected chi connectivity index (χ3v) is 8.17. The number of non-ortho nitro benzene ring substituents is 1. The number of para-hydroxylation sites is 1. The van der Waals surface area contributed by atoms with Crippen LogP contribution in [0.15, 0.2) is 72.8 Å². The number of rotatable bonds is 4. The van der Waals surface area contributed by atoms with Gasteiger partial charge in [0.05, 0.1) is 22.9 Å². The van der Waals surface area contributed by atoms with Crippen LogP contribution in [0.25, 0.3) is 5.57 Å². The third kappa shape index (κ3) is 3.06. The highest BCUT2D eigenvalue weighted by Gasteiger charge is 2.70. The maximum absolute atomic E-state index is 14.4. The van der Waals surface area contributed by atoms with Crippen LogP contribution >= 0.6 is 0 Å². The quantitative estimate of drug-likeness (QED) is 0.307. The normalized spacial score (nSPS) is 24.8. The van der Waals surface area contributed by atoms with Crippen LogP contribution in [0.2, 0.25) is 0 Å². The summed E-state index contributed by atoms with van der Waals surface area (Å²) in [7, 11) is 0. The highest BCUT2D eigenvalue weighted by atomic mass is 16.6. The Hall–Kier alpha value is -4.59. The Labute approximate surface area is 219 Å². The summed E-state index contributed by atoms with van der Waals surface area (Å²) in [4.78, 5) is 54.9. The summed E-state index contributed by atoms with van der Waals surface area (Å²) in [6.45, 7) is 5.40. The van der Waals surface area contributed by atoms with Crippen LogP contribution in [0.3, 0.4) is 0 Å². The summed E-state index contributed by atoms with van der Waals surface area (Å²) in [5.74, 6) is -2.21. The fourth-order valence-corrected chi connectivity index (χ4v) is 6.65. The first-order chi connectivity index (χ1) is 18.2. The number of amides is 1. The molecule has 8 heteroatoms. The first kappa shape index (κ1) is 23.8. The molecular weight excluding hydrogens is 482 g/mol. The highest BCUT2D eigenvalue weighted by molar-refractivity contribution is 6.17. The third-order valence-electron chi connectivity index (χ3n) is 8.17. The van der Waals surface area contributed by atoms with Crippen LogP contribution < -0.4 is 10.2 Å². The van der Waals surface area contributed by atoms with Gasteiger partial charge >= 0.3 is 0 Å². The van der Waals surface area contributed by atoms with E-state index in [9.17, 15) is 24.5 Å². The van der Waals surface area contributed by atoms with E-state index in [1.165, 1.54) is 31.2 Å². The fourth-order valence-electron chi connectivity index (χ4n) is 6.65. The number of nitrogens with one attached hydrogen (secondary N) is 1. The number of hydrogen-bond acceptors (Lipinski definition) is 6. The zero-order valence-electron chi connectivity index (χ0n) is 21.1. The van der Waals surface area contributed by atoms with Gasteiger partial charge in [0, 0.05) is 34.6 Å². The minimum Gasteiger partial charge on any atom is -0.352 e. The van der Waals surface area contributed by atoms with Crippen molar-refractivity contribution >= 4 is 40.1 Å². The number of aryl methyl sites for hydroxylation is 1. The maximum atomic E-state index is 14.4. The minimum absolute atomic E-state index is 0.0942. The van der Waals surface area contributed by atoms with E-state index in [1.807, 2.05) is 61.2 Å². The number of nitro groups is 1. The van der Waals surface area contributed by atoms with Gasteiger partial charge in [-0.15, -0.1) is 0 Å². The van der Waals surface area contributed by atoms with Gasteiger partial charge in [0.2, 0.25) is 5.91 Å². The summed E-state index contributed by atoms with van der Waals surface area (Å²) in [5, 5.41) is 14.5. The molecule has 4 unspecified atom stereocenters. The number of Topliss-reactive ketones (excluding diaryl/α,β-unsaturated/α-hetero) is 2. The number of nitro benzene ring substituents is 1. The molecule has 1 fully saturated rings. The van der Waals surface area contributed by atoms with Gasteiger partial charge in [0.1, 0.15) is 5.41 Å². The number of nitrogens with zero attached hydrogens (tertiary/aromatic N) is 2. The summed E-state index contributed by atoms with van der Waals surface area (Å²) >= 11 is 0. The Morgan fingerprint density at radius 3 is 2.53 bits per heavy atom. The van der Waals surface area contributed by atoms with Crippen LogP contribution in [0.5, 0.6) is 0 Å². The van der Waals surface area contributed by atoms with Gasteiger partial charge in [-0.2, -0.15) is 0 Å². The van der Waals surface area contributed by atoms with E-state index in [-0.39, 0.29) is 22.9 Å². The van der Waals surface area contributed by atoms with Crippen molar-refractivity contribution in [1.29, 1.82) is 0 Å². The predicted molar refractivity (Wildman–Crippen MR) is 143 cm³/mol. The minimum atomic E-state index is -1.42. The van der Waals surface area contributed by atoms with Crippen molar-refractivity contribution in [2.24, 2.45) is 5.92 Å². The predicted octanol–water partition coefficient (Wildman–Crippen LogP) is 4.86. The number of ketones is 2. The van der Waals surface area contributed by atoms with Crippen LogP contribution in [-0.4, -0.2) is 34.5 Å². The molecule has 3 aliphatic rings. The number of anilines is 2. The average molecular weight is 508 g/mol.